The van der Waals surface area contributed by atoms with Gasteiger partial charge in [-0.2, -0.15) is 0 Å². The zero-order chi connectivity index (χ0) is 10.8. The molecule has 1 saturated heterocycles. The molecule has 0 bridgehead atoms. The van der Waals surface area contributed by atoms with Gasteiger partial charge in [-0.3, -0.25) is 0 Å². The van der Waals surface area contributed by atoms with Crippen LogP contribution in [0.5, 0.6) is 11.5 Å². The normalized spacial score (nSPS) is 24.1. The molecule has 4 nitrogen and oxygen atoms in total. The number of benzene rings is 1. The van der Waals surface area contributed by atoms with Gasteiger partial charge in [0, 0.05) is 12.1 Å². The summed E-state index contributed by atoms with van der Waals surface area (Å²) in [5.74, 6) is 1.72. The number of ether oxygens (including phenoxy) is 3. The Morgan fingerprint density at radius 1 is 1.12 bits per heavy atom. The number of morpholine rings is 1. The molecule has 0 aliphatic carbocycles. The topological polar surface area (TPSA) is 39.7 Å². The van der Waals surface area contributed by atoms with Gasteiger partial charge in [0.05, 0.1) is 19.3 Å². The molecular formula is C12H15NO3. The van der Waals surface area contributed by atoms with E-state index in [1.165, 1.54) is 0 Å². The highest BCUT2D eigenvalue weighted by atomic mass is 16.6. The third kappa shape index (κ3) is 1.74. The molecular weight excluding hydrogens is 206 g/mol. The van der Waals surface area contributed by atoms with E-state index in [2.05, 4.69) is 11.4 Å². The molecule has 1 fully saturated rings. The SMILES string of the molecule is c1cc2c(c([C@H]3COCCN3)c1)OCCO2. The summed E-state index contributed by atoms with van der Waals surface area (Å²) in [6.07, 6.45) is 0. The molecule has 0 aromatic heterocycles. The van der Waals surface area contributed by atoms with Crippen molar-refractivity contribution < 1.29 is 14.2 Å². The van der Waals surface area contributed by atoms with E-state index < -0.39 is 0 Å². The highest BCUT2D eigenvalue weighted by Gasteiger charge is 2.23. The van der Waals surface area contributed by atoms with Crippen molar-refractivity contribution in [3.63, 3.8) is 0 Å². The third-order valence-electron chi connectivity index (χ3n) is 2.89. The predicted molar refractivity (Wildman–Crippen MR) is 59.0 cm³/mol. The highest BCUT2D eigenvalue weighted by Crippen LogP contribution is 2.37. The Kier molecular flexibility index (Phi) is 2.68. The van der Waals surface area contributed by atoms with Crippen LogP contribution in [0.15, 0.2) is 18.2 Å². The number of hydrogen-bond acceptors (Lipinski definition) is 4. The molecule has 86 valence electrons. The molecule has 4 heteroatoms. The summed E-state index contributed by atoms with van der Waals surface area (Å²) in [5.41, 5.74) is 1.14. The van der Waals surface area contributed by atoms with Gasteiger partial charge in [0.25, 0.3) is 0 Å². The standard InChI is InChI=1S/C12H15NO3/c1-2-9(10-8-14-5-4-13-10)12-11(3-1)15-6-7-16-12/h1-3,10,13H,4-8H2/t10-/m1/s1. The van der Waals surface area contributed by atoms with Crippen LogP contribution in [0.4, 0.5) is 0 Å². The number of hydrogen-bond donors (Lipinski definition) is 1. The van der Waals surface area contributed by atoms with E-state index in [1.54, 1.807) is 0 Å². The zero-order valence-electron chi connectivity index (χ0n) is 9.07. The van der Waals surface area contributed by atoms with Crippen LogP contribution >= 0.6 is 0 Å². The van der Waals surface area contributed by atoms with E-state index in [0.29, 0.717) is 19.8 Å². The van der Waals surface area contributed by atoms with Gasteiger partial charge >= 0.3 is 0 Å². The number of fused-ring (bicyclic) bond motifs is 1. The lowest BCUT2D eigenvalue weighted by Gasteiger charge is -2.28. The first kappa shape index (κ1) is 9.93. The Morgan fingerprint density at radius 3 is 2.94 bits per heavy atom. The van der Waals surface area contributed by atoms with Crippen molar-refractivity contribution in [3.8, 4) is 11.5 Å². The van der Waals surface area contributed by atoms with E-state index in [-0.39, 0.29) is 6.04 Å². The van der Waals surface area contributed by atoms with Gasteiger partial charge in [-0.1, -0.05) is 12.1 Å². The molecule has 1 aromatic rings. The van der Waals surface area contributed by atoms with Gasteiger partial charge in [0.15, 0.2) is 11.5 Å². The van der Waals surface area contributed by atoms with Crippen LogP contribution < -0.4 is 14.8 Å². The van der Waals surface area contributed by atoms with Crippen molar-refractivity contribution in [2.45, 2.75) is 6.04 Å². The van der Waals surface area contributed by atoms with Gasteiger partial charge in [0.2, 0.25) is 0 Å². The first-order valence-corrected chi connectivity index (χ1v) is 5.65. The van der Waals surface area contributed by atoms with Crippen molar-refractivity contribution in [2.24, 2.45) is 0 Å². The van der Waals surface area contributed by atoms with Crippen molar-refractivity contribution in [1.29, 1.82) is 0 Å². The zero-order valence-corrected chi connectivity index (χ0v) is 9.07. The summed E-state index contributed by atoms with van der Waals surface area (Å²) in [5, 5.41) is 3.42. The lowest BCUT2D eigenvalue weighted by Crippen LogP contribution is -2.35. The second kappa shape index (κ2) is 4.31. The van der Waals surface area contributed by atoms with Gasteiger partial charge in [-0.05, 0) is 6.07 Å². The van der Waals surface area contributed by atoms with E-state index in [0.717, 1.165) is 30.2 Å². The summed E-state index contributed by atoms with van der Waals surface area (Å²) < 4.78 is 16.7. The molecule has 1 aromatic carbocycles. The molecule has 0 amide bonds. The summed E-state index contributed by atoms with van der Waals surface area (Å²) in [6, 6.07) is 6.23. The average molecular weight is 221 g/mol. The first-order valence-electron chi connectivity index (χ1n) is 5.65. The Balaban J connectivity index is 1.93. The maximum Gasteiger partial charge on any atom is 0.166 e. The summed E-state index contributed by atoms with van der Waals surface area (Å²) in [4.78, 5) is 0. The first-order chi connectivity index (χ1) is 7.95. The van der Waals surface area contributed by atoms with Crippen LogP contribution in [0, 0.1) is 0 Å². The summed E-state index contributed by atoms with van der Waals surface area (Å²) >= 11 is 0. The molecule has 1 N–H and O–H groups in total. The molecule has 16 heavy (non-hydrogen) atoms. The van der Waals surface area contributed by atoms with E-state index in [4.69, 9.17) is 14.2 Å². The maximum absolute atomic E-state index is 5.69. The van der Waals surface area contributed by atoms with Gasteiger partial charge in [-0.15, -0.1) is 0 Å². The van der Waals surface area contributed by atoms with Gasteiger partial charge in [0.1, 0.15) is 13.2 Å². The Morgan fingerprint density at radius 2 is 2.06 bits per heavy atom. The molecule has 1 atom stereocenters. The number of rotatable bonds is 1. The lowest BCUT2D eigenvalue weighted by molar-refractivity contribution is 0.0745. The minimum Gasteiger partial charge on any atom is -0.486 e. The second-order valence-electron chi connectivity index (χ2n) is 3.95. The molecule has 0 unspecified atom stereocenters. The fourth-order valence-corrected chi connectivity index (χ4v) is 2.14. The van der Waals surface area contributed by atoms with Gasteiger partial charge in [-0.25, -0.2) is 0 Å². The second-order valence-corrected chi connectivity index (χ2v) is 3.95. The van der Waals surface area contributed by atoms with Crippen LogP contribution in [-0.4, -0.2) is 33.0 Å². The number of para-hydroxylation sites is 1. The fraction of sp³-hybridized carbons (Fsp3) is 0.500. The predicted octanol–water partition coefficient (Wildman–Crippen LogP) is 1.12. The van der Waals surface area contributed by atoms with Crippen molar-refractivity contribution in [1.82, 2.24) is 5.32 Å². The molecule has 2 aliphatic heterocycles. The molecule has 0 saturated carbocycles. The average Bonchev–Trinajstić information content (AvgIpc) is 2.39. The molecule has 0 spiro atoms. The summed E-state index contributed by atoms with van der Waals surface area (Å²) in [6.45, 7) is 3.61. The van der Waals surface area contributed by atoms with Crippen LogP contribution in [0.2, 0.25) is 0 Å². The van der Waals surface area contributed by atoms with Crippen LogP contribution in [0.1, 0.15) is 11.6 Å². The van der Waals surface area contributed by atoms with Crippen LogP contribution in [0.25, 0.3) is 0 Å². The van der Waals surface area contributed by atoms with Crippen molar-refractivity contribution >= 4 is 0 Å². The fourth-order valence-electron chi connectivity index (χ4n) is 2.14. The van der Waals surface area contributed by atoms with Gasteiger partial charge < -0.3 is 19.5 Å². The Bertz CT molecular complexity index is 375. The maximum atomic E-state index is 5.69. The molecule has 2 heterocycles. The van der Waals surface area contributed by atoms with Crippen molar-refractivity contribution in [2.75, 3.05) is 33.0 Å². The largest absolute Gasteiger partial charge is 0.486 e. The van der Waals surface area contributed by atoms with E-state index in [1.807, 2.05) is 12.1 Å². The highest BCUT2D eigenvalue weighted by molar-refractivity contribution is 5.49. The molecule has 2 aliphatic rings. The number of nitrogens with one attached hydrogen (secondary N) is 1. The minimum atomic E-state index is 0.213. The van der Waals surface area contributed by atoms with Crippen molar-refractivity contribution in [3.05, 3.63) is 23.8 Å². The smallest absolute Gasteiger partial charge is 0.166 e. The third-order valence-corrected chi connectivity index (χ3v) is 2.89. The van der Waals surface area contributed by atoms with Crippen LogP contribution in [0.3, 0.4) is 0 Å². The van der Waals surface area contributed by atoms with Crippen LogP contribution in [-0.2, 0) is 4.74 Å². The molecule has 3 rings (SSSR count). The molecule has 0 radical (unpaired) electrons. The summed E-state index contributed by atoms with van der Waals surface area (Å²) in [7, 11) is 0. The minimum absolute atomic E-state index is 0.213. The van der Waals surface area contributed by atoms with E-state index in [9.17, 15) is 0 Å². The quantitative estimate of drug-likeness (QED) is 0.771. The Labute approximate surface area is 94.5 Å². The van der Waals surface area contributed by atoms with E-state index >= 15 is 0 Å². The monoisotopic (exact) mass is 221 g/mol. The Hall–Kier alpha value is -1.26. The lowest BCUT2D eigenvalue weighted by atomic mass is 10.0.